The maximum absolute atomic E-state index is 12.8. The first-order valence-electron chi connectivity index (χ1n) is 7.73. The van der Waals surface area contributed by atoms with Gasteiger partial charge in [-0.05, 0) is 49.6 Å². The van der Waals surface area contributed by atoms with Gasteiger partial charge < -0.3 is 10.6 Å². The van der Waals surface area contributed by atoms with Crippen molar-refractivity contribution in [2.45, 2.75) is 20.3 Å². The highest BCUT2D eigenvalue weighted by molar-refractivity contribution is 6.30. The van der Waals surface area contributed by atoms with Crippen LogP contribution >= 0.6 is 24.0 Å². The number of carbonyl (C=O) groups is 1. The van der Waals surface area contributed by atoms with Gasteiger partial charge in [-0.2, -0.15) is 5.10 Å². The summed E-state index contributed by atoms with van der Waals surface area (Å²) in [6, 6.07) is 7.40. The molecule has 2 aromatic rings. The molecule has 0 aliphatic carbocycles. The molecule has 5 nitrogen and oxygen atoms in total. The Morgan fingerprint density at radius 1 is 1.38 bits per heavy atom. The predicted octanol–water partition coefficient (Wildman–Crippen LogP) is 3.07. The zero-order valence-electron chi connectivity index (χ0n) is 13.8. The smallest absolute Gasteiger partial charge is 0.257 e. The number of rotatable bonds is 3. The van der Waals surface area contributed by atoms with E-state index in [1.165, 1.54) is 0 Å². The summed E-state index contributed by atoms with van der Waals surface area (Å²) in [7, 11) is 0. The Morgan fingerprint density at radius 2 is 2.04 bits per heavy atom. The lowest BCUT2D eigenvalue weighted by atomic mass is 9.90. The number of amides is 1. The quantitative estimate of drug-likeness (QED) is 0.905. The van der Waals surface area contributed by atoms with Crippen LogP contribution in [0.15, 0.2) is 30.5 Å². The van der Waals surface area contributed by atoms with Crippen LogP contribution in [0.5, 0.6) is 0 Å². The van der Waals surface area contributed by atoms with Gasteiger partial charge in [-0.25, -0.2) is 4.68 Å². The maximum atomic E-state index is 12.8. The highest BCUT2D eigenvalue weighted by atomic mass is 35.5. The molecule has 0 radical (unpaired) electrons. The number of nitrogens with zero attached hydrogens (tertiary/aromatic N) is 3. The van der Waals surface area contributed by atoms with Crippen LogP contribution in [-0.2, 0) is 0 Å². The molecule has 1 aromatic carbocycles. The molecule has 24 heavy (non-hydrogen) atoms. The number of hydrogen-bond acceptors (Lipinski definition) is 3. The summed E-state index contributed by atoms with van der Waals surface area (Å²) in [5.41, 5.74) is 8.21. The standard InChI is InChI=1S/C17H21ClN4O.ClH/c1-12-15(16(23)21-8-7-17(2,10-19)11-21)9-20-22(12)14-5-3-13(18)4-6-14;/h3-6,9H,7-8,10-11,19H2,1-2H3;1H. The molecule has 1 amide bonds. The Kier molecular flexibility index (Phi) is 5.58. The largest absolute Gasteiger partial charge is 0.338 e. The Morgan fingerprint density at radius 3 is 2.62 bits per heavy atom. The van der Waals surface area contributed by atoms with Crippen LogP contribution in [-0.4, -0.2) is 40.2 Å². The first-order chi connectivity index (χ1) is 10.9. The van der Waals surface area contributed by atoms with Crippen molar-refractivity contribution in [3.05, 3.63) is 46.7 Å². The molecule has 7 heteroatoms. The SMILES string of the molecule is Cc1c(C(=O)N2CCC(C)(CN)C2)cnn1-c1ccc(Cl)cc1.Cl. The normalized spacial score (nSPS) is 20.1. The molecule has 0 saturated carbocycles. The summed E-state index contributed by atoms with van der Waals surface area (Å²) >= 11 is 5.92. The molecule has 1 unspecified atom stereocenters. The first-order valence-corrected chi connectivity index (χ1v) is 8.11. The number of halogens is 2. The third-order valence-corrected chi connectivity index (χ3v) is 4.90. The number of likely N-dealkylation sites (tertiary alicyclic amines) is 1. The van der Waals surface area contributed by atoms with E-state index in [0.29, 0.717) is 23.7 Å². The van der Waals surface area contributed by atoms with E-state index < -0.39 is 0 Å². The topological polar surface area (TPSA) is 64.2 Å². The van der Waals surface area contributed by atoms with E-state index in [-0.39, 0.29) is 23.7 Å². The Hall–Kier alpha value is -1.56. The minimum absolute atomic E-state index is 0. The lowest BCUT2D eigenvalue weighted by Crippen LogP contribution is -2.34. The predicted molar refractivity (Wildman–Crippen MR) is 98.2 cm³/mol. The van der Waals surface area contributed by atoms with Gasteiger partial charge in [0.25, 0.3) is 5.91 Å². The molecule has 2 N–H and O–H groups in total. The van der Waals surface area contributed by atoms with Crippen LogP contribution in [0.25, 0.3) is 5.69 Å². The van der Waals surface area contributed by atoms with Crippen LogP contribution in [0.2, 0.25) is 5.02 Å². The number of nitrogens with two attached hydrogens (primary N) is 1. The number of benzene rings is 1. The maximum Gasteiger partial charge on any atom is 0.257 e. The molecule has 1 aliphatic rings. The van der Waals surface area contributed by atoms with Gasteiger partial charge in [0.2, 0.25) is 0 Å². The van der Waals surface area contributed by atoms with Gasteiger partial charge >= 0.3 is 0 Å². The van der Waals surface area contributed by atoms with E-state index in [4.69, 9.17) is 17.3 Å². The van der Waals surface area contributed by atoms with Crippen LogP contribution in [0.4, 0.5) is 0 Å². The molecule has 1 fully saturated rings. The molecule has 1 atom stereocenters. The van der Waals surface area contributed by atoms with Crippen molar-refractivity contribution in [2.24, 2.45) is 11.1 Å². The molecule has 0 bridgehead atoms. The lowest BCUT2D eigenvalue weighted by Gasteiger charge is -2.22. The summed E-state index contributed by atoms with van der Waals surface area (Å²) in [4.78, 5) is 14.7. The molecular weight excluding hydrogens is 347 g/mol. The molecular formula is C17H22Cl2N4O. The Labute approximate surface area is 153 Å². The minimum Gasteiger partial charge on any atom is -0.338 e. The number of hydrogen-bond donors (Lipinski definition) is 1. The summed E-state index contributed by atoms with van der Waals surface area (Å²) < 4.78 is 1.77. The summed E-state index contributed by atoms with van der Waals surface area (Å²) in [6.07, 6.45) is 2.59. The summed E-state index contributed by atoms with van der Waals surface area (Å²) in [6.45, 7) is 6.09. The van der Waals surface area contributed by atoms with Crippen LogP contribution < -0.4 is 5.73 Å². The summed E-state index contributed by atoms with van der Waals surface area (Å²) in [5, 5.41) is 5.04. The van der Waals surface area contributed by atoms with Crippen molar-refractivity contribution in [1.82, 2.24) is 14.7 Å². The van der Waals surface area contributed by atoms with Gasteiger partial charge in [0.15, 0.2) is 0 Å². The average Bonchev–Trinajstić information content (AvgIpc) is 3.12. The third kappa shape index (κ3) is 3.43. The molecule has 2 heterocycles. The molecule has 0 spiro atoms. The van der Waals surface area contributed by atoms with Crippen molar-refractivity contribution in [3.8, 4) is 5.69 Å². The van der Waals surface area contributed by atoms with E-state index in [1.54, 1.807) is 10.9 Å². The van der Waals surface area contributed by atoms with E-state index >= 15 is 0 Å². The number of aromatic nitrogens is 2. The molecule has 3 rings (SSSR count). The lowest BCUT2D eigenvalue weighted by molar-refractivity contribution is 0.0776. The fourth-order valence-corrected chi connectivity index (χ4v) is 3.12. The van der Waals surface area contributed by atoms with E-state index in [9.17, 15) is 4.79 Å². The molecule has 130 valence electrons. The van der Waals surface area contributed by atoms with Crippen molar-refractivity contribution >= 4 is 29.9 Å². The summed E-state index contributed by atoms with van der Waals surface area (Å²) in [5.74, 6) is 0.0277. The van der Waals surface area contributed by atoms with Crippen molar-refractivity contribution < 1.29 is 4.79 Å². The van der Waals surface area contributed by atoms with Crippen molar-refractivity contribution in [2.75, 3.05) is 19.6 Å². The van der Waals surface area contributed by atoms with Gasteiger partial charge in [-0.3, -0.25) is 4.79 Å². The average molecular weight is 369 g/mol. The van der Waals surface area contributed by atoms with Crippen molar-refractivity contribution in [1.29, 1.82) is 0 Å². The second-order valence-corrected chi connectivity index (χ2v) is 6.96. The van der Waals surface area contributed by atoms with Crippen molar-refractivity contribution in [3.63, 3.8) is 0 Å². The number of carbonyl (C=O) groups excluding carboxylic acids is 1. The van der Waals surface area contributed by atoms with E-state index in [0.717, 1.165) is 24.3 Å². The highest BCUT2D eigenvalue weighted by Crippen LogP contribution is 2.30. The zero-order chi connectivity index (χ0) is 16.6. The Balaban J connectivity index is 0.00000208. The highest BCUT2D eigenvalue weighted by Gasteiger charge is 2.36. The monoisotopic (exact) mass is 368 g/mol. The van der Waals surface area contributed by atoms with Gasteiger partial charge in [0.1, 0.15) is 0 Å². The first kappa shape index (κ1) is 18.8. The van der Waals surface area contributed by atoms with Crippen LogP contribution in [0.1, 0.15) is 29.4 Å². The van der Waals surface area contributed by atoms with E-state index in [2.05, 4.69) is 12.0 Å². The fourth-order valence-electron chi connectivity index (χ4n) is 3.00. The van der Waals surface area contributed by atoms with Crippen LogP contribution in [0.3, 0.4) is 0 Å². The van der Waals surface area contributed by atoms with Gasteiger partial charge in [-0.15, -0.1) is 12.4 Å². The second-order valence-electron chi connectivity index (χ2n) is 6.52. The van der Waals surface area contributed by atoms with Gasteiger partial charge in [0.05, 0.1) is 23.1 Å². The molecule has 1 aliphatic heterocycles. The minimum atomic E-state index is 0. The van der Waals surface area contributed by atoms with Crippen LogP contribution in [0, 0.1) is 12.3 Å². The second kappa shape index (κ2) is 7.13. The zero-order valence-corrected chi connectivity index (χ0v) is 15.4. The fraction of sp³-hybridized carbons (Fsp3) is 0.412. The van der Waals surface area contributed by atoms with Gasteiger partial charge in [0, 0.05) is 18.1 Å². The molecule has 1 saturated heterocycles. The van der Waals surface area contributed by atoms with Gasteiger partial charge in [-0.1, -0.05) is 18.5 Å². The molecule has 1 aromatic heterocycles. The van der Waals surface area contributed by atoms with E-state index in [1.807, 2.05) is 36.1 Å². The third-order valence-electron chi connectivity index (χ3n) is 4.65. The Bertz CT molecular complexity index is 729.